The van der Waals surface area contributed by atoms with E-state index in [1.165, 1.54) is 6.21 Å². The van der Waals surface area contributed by atoms with Crippen molar-refractivity contribution >= 4 is 22.1 Å². The lowest BCUT2D eigenvalue weighted by Crippen LogP contribution is -2.08. The van der Waals surface area contributed by atoms with Crippen molar-refractivity contribution in [1.82, 2.24) is 0 Å². The van der Waals surface area contributed by atoms with Crippen LogP contribution in [0.5, 0.6) is 11.5 Å². The molecule has 0 radical (unpaired) electrons. The van der Waals surface area contributed by atoms with Crippen LogP contribution in [0, 0.1) is 0 Å². The van der Waals surface area contributed by atoms with Crippen LogP contribution in [0.2, 0.25) is 0 Å². The molecule has 0 aliphatic heterocycles. The largest absolute Gasteiger partial charge is 0.490 e. The van der Waals surface area contributed by atoms with E-state index >= 15 is 0 Å². The third-order valence-electron chi connectivity index (χ3n) is 1.89. The van der Waals surface area contributed by atoms with E-state index in [0.29, 0.717) is 18.1 Å². The van der Waals surface area contributed by atoms with Gasteiger partial charge in [0.15, 0.2) is 11.5 Å². The molecular weight excluding hydrogens is 286 g/mol. The van der Waals surface area contributed by atoms with Crippen molar-refractivity contribution in [3.63, 3.8) is 0 Å². The molecular formula is C12H16BrNO3. The first kappa shape index (κ1) is 13.8. The van der Waals surface area contributed by atoms with Crippen LogP contribution in [0.3, 0.4) is 0 Å². The minimum Gasteiger partial charge on any atom is -0.490 e. The lowest BCUT2D eigenvalue weighted by molar-refractivity contribution is 0.222. The van der Waals surface area contributed by atoms with Gasteiger partial charge in [0.2, 0.25) is 0 Å². The van der Waals surface area contributed by atoms with E-state index in [2.05, 4.69) is 21.1 Å². The molecule has 0 heterocycles. The van der Waals surface area contributed by atoms with Crippen LogP contribution >= 0.6 is 15.9 Å². The van der Waals surface area contributed by atoms with Crippen LogP contribution in [-0.2, 0) is 0 Å². The zero-order valence-electron chi connectivity index (χ0n) is 10.1. The van der Waals surface area contributed by atoms with Gasteiger partial charge < -0.3 is 14.7 Å². The summed E-state index contributed by atoms with van der Waals surface area (Å²) in [5.41, 5.74) is 0.735. The van der Waals surface area contributed by atoms with Gasteiger partial charge >= 0.3 is 0 Å². The van der Waals surface area contributed by atoms with Gasteiger partial charge in [0.25, 0.3) is 0 Å². The van der Waals surface area contributed by atoms with Crippen molar-refractivity contribution < 1.29 is 14.7 Å². The van der Waals surface area contributed by atoms with Crippen LogP contribution in [0.1, 0.15) is 26.3 Å². The molecule has 1 aromatic carbocycles. The van der Waals surface area contributed by atoms with E-state index in [9.17, 15) is 0 Å². The van der Waals surface area contributed by atoms with Gasteiger partial charge in [-0.3, -0.25) is 0 Å². The van der Waals surface area contributed by atoms with Gasteiger partial charge in [0.05, 0.1) is 23.4 Å². The van der Waals surface area contributed by atoms with Gasteiger partial charge in [0, 0.05) is 5.56 Å². The van der Waals surface area contributed by atoms with Crippen LogP contribution in [0.4, 0.5) is 0 Å². The molecule has 0 aliphatic carbocycles. The second-order valence-electron chi connectivity index (χ2n) is 3.67. The second-order valence-corrected chi connectivity index (χ2v) is 4.53. The van der Waals surface area contributed by atoms with Crippen molar-refractivity contribution in [3.8, 4) is 11.5 Å². The van der Waals surface area contributed by atoms with Crippen molar-refractivity contribution in [1.29, 1.82) is 0 Å². The molecule has 0 saturated carbocycles. The molecule has 0 atom stereocenters. The summed E-state index contributed by atoms with van der Waals surface area (Å²) < 4.78 is 12.0. The van der Waals surface area contributed by atoms with Gasteiger partial charge in [-0.1, -0.05) is 5.16 Å². The zero-order chi connectivity index (χ0) is 12.8. The lowest BCUT2D eigenvalue weighted by Gasteiger charge is -2.16. The molecule has 0 aliphatic rings. The van der Waals surface area contributed by atoms with E-state index < -0.39 is 0 Å². The monoisotopic (exact) mass is 301 g/mol. The minimum absolute atomic E-state index is 0.0582. The lowest BCUT2D eigenvalue weighted by atomic mass is 10.2. The fourth-order valence-corrected chi connectivity index (χ4v) is 1.90. The quantitative estimate of drug-likeness (QED) is 0.515. The molecule has 0 bridgehead atoms. The number of ether oxygens (including phenoxy) is 2. The summed E-state index contributed by atoms with van der Waals surface area (Å²) in [6.45, 7) is 6.34. The van der Waals surface area contributed by atoms with Crippen LogP contribution in [0.15, 0.2) is 21.8 Å². The normalized spacial score (nSPS) is 11.1. The molecule has 1 aromatic rings. The first-order valence-electron chi connectivity index (χ1n) is 5.38. The molecule has 0 saturated heterocycles. The minimum atomic E-state index is 0.0582. The molecule has 0 amide bonds. The smallest absolute Gasteiger partial charge is 0.175 e. The second kappa shape index (κ2) is 6.49. The number of nitrogens with zero attached hydrogens (tertiary/aromatic N) is 1. The van der Waals surface area contributed by atoms with Crippen LogP contribution < -0.4 is 9.47 Å². The highest BCUT2D eigenvalue weighted by Gasteiger charge is 2.13. The molecule has 1 rings (SSSR count). The van der Waals surface area contributed by atoms with Gasteiger partial charge in [-0.25, -0.2) is 0 Å². The summed E-state index contributed by atoms with van der Waals surface area (Å²) in [4.78, 5) is 0. The Morgan fingerprint density at radius 1 is 1.47 bits per heavy atom. The van der Waals surface area contributed by atoms with Crippen molar-refractivity contribution in [2.24, 2.45) is 5.16 Å². The average molecular weight is 302 g/mol. The predicted octanol–water partition coefficient (Wildman–Crippen LogP) is 3.44. The van der Waals surface area contributed by atoms with Gasteiger partial charge in [-0.2, -0.15) is 0 Å². The third kappa shape index (κ3) is 3.93. The fourth-order valence-electron chi connectivity index (χ4n) is 1.34. The Labute approximate surface area is 109 Å². The number of hydrogen-bond acceptors (Lipinski definition) is 4. The molecule has 94 valence electrons. The summed E-state index contributed by atoms with van der Waals surface area (Å²) in [7, 11) is 0. The van der Waals surface area contributed by atoms with Gasteiger partial charge in [-0.15, -0.1) is 0 Å². The van der Waals surface area contributed by atoms with Crippen molar-refractivity contribution in [2.45, 2.75) is 26.9 Å². The Hall–Kier alpha value is -1.23. The van der Waals surface area contributed by atoms with Gasteiger partial charge in [0.1, 0.15) is 0 Å². The van der Waals surface area contributed by atoms with Gasteiger partial charge in [-0.05, 0) is 48.8 Å². The maximum Gasteiger partial charge on any atom is 0.175 e. The van der Waals surface area contributed by atoms with E-state index in [1.54, 1.807) is 12.1 Å². The molecule has 5 heteroatoms. The van der Waals surface area contributed by atoms with E-state index in [4.69, 9.17) is 14.7 Å². The molecule has 1 N–H and O–H groups in total. The number of rotatable bonds is 5. The SMILES string of the molecule is CCOc1cc(/C=N/O)cc(Br)c1OC(C)C. The Bertz CT molecular complexity index is 405. The van der Waals surface area contributed by atoms with Crippen LogP contribution in [0.25, 0.3) is 0 Å². The fraction of sp³-hybridized carbons (Fsp3) is 0.417. The standard InChI is InChI=1S/C12H16BrNO3/c1-4-16-11-6-9(7-14-15)5-10(13)12(11)17-8(2)3/h5-8,15H,4H2,1-3H3/b14-7+. The average Bonchev–Trinajstić information content (AvgIpc) is 2.23. The van der Waals surface area contributed by atoms with Crippen molar-refractivity contribution in [2.75, 3.05) is 6.61 Å². The Morgan fingerprint density at radius 3 is 2.71 bits per heavy atom. The van der Waals surface area contributed by atoms with Crippen molar-refractivity contribution in [3.05, 3.63) is 22.2 Å². The Balaban J connectivity index is 3.17. The molecule has 0 aromatic heterocycles. The summed E-state index contributed by atoms with van der Waals surface area (Å²) in [6.07, 6.45) is 1.40. The van der Waals surface area contributed by atoms with E-state index in [0.717, 1.165) is 10.0 Å². The summed E-state index contributed by atoms with van der Waals surface area (Å²) in [5.74, 6) is 1.29. The summed E-state index contributed by atoms with van der Waals surface area (Å²) in [6, 6.07) is 3.58. The number of oxime groups is 1. The molecule has 0 unspecified atom stereocenters. The highest BCUT2D eigenvalue weighted by Crippen LogP contribution is 2.37. The maximum atomic E-state index is 8.53. The molecule has 17 heavy (non-hydrogen) atoms. The number of halogens is 1. The number of benzene rings is 1. The van der Waals surface area contributed by atoms with Crippen LogP contribution in [-0.4, -0.2) is 24.1 Å². The number of hydrogen-bond donors (Lipinski definition) is 1. The maximum absolute atomic E-state index is 8.53. The molecule has 4 nitrogen and oxygen atoms in total. The third-order valence-corrected chi connectivity index (χ3v) is 2.48. The molecule has 0 spiro atoms. The Kier molecular flexibility index (Phi) is 5.28. The van der Waals surface area contributed by atoms with E-state index in [-0.39, 0.29) is 6.10 Å². The molecule has 0 fully saturated rings. The summed E-state index contributed by atoms with van der Waals surface area (Å²) >= 11 is 3.42. The summed E-state index contributed by atoms with van der Waals surface area (Å²) in [5, 5.41) is 11.5. The topological polar surface area (TPSA) is 51.0 Å². The first-order chi connectivity index (χ1) is 8.08. The predicted molar refractivity (Wildman–Crippen MR) is 70.5 cm³/mol. The highest BCUT2D eigenvalue weighted by molar-refractivity contribution is 9.10. The van der Waals surface area contributed by atoms with E-state index in [1.807, 2.05) is 20.8 Å². The zero-order valence-corrected chi connectivity index (χ0v) is 11.7. The Morgan fingerprint density at radius 2 is 2.18 bits per heavy atom. The highest BCUT2D eigenvalue weighted by atomic mass is 79.9. The first-order valence-corrected chi connectivity index (χ1v) is 6.18.